The molecule has 0 bridgehead atoms. The molecular formula is C15H14BrN3OS. The van der Waals surface area contributed by atoms with Gasteiger partial charge in [0.1, 0.15) is 21.0 Å². The third-order valence-electron chi connectivity index (χ3n) is 2.81. The average molecular weight is 364 g/mol. The Bertz CT molecular complexity index is 762. The van der Waals surface area contributed by atoms with Gasteiger partial charge in [0.15, 0.2) is 5.58 Å². The molecule has 21 heavy (non-hydrogen) atoms. The number of hydrogen-bond donors (Lipinski definition) is 0. The van der Waals surface area contributed by atoms with Gasteiger partial charge in [-0.1, -0.05) is 32.9 Å². The van der Waals surface area contributed by atoms with E-state index in [1.165, 1.54) is 11.8 Å². The lowest BCUT2D eigenvalue weighted by atomic mass is 9.96. The molecule has 4 nitrogen and oxygen atoms in total. The Balaban J connectivity index is 1.95. The van der Waals surface area contributed by atoms with Gasteiger partial charge < -0.3 is 4.42 Å². The Kier molecular flexibility index (Phi) is 3.75. The van der Waals surface area contributed by atoms with Crippen molar-refractivity contribution in [1.82, 2.24) is 15.0 Å². The topological polar surface area (TPSA) is 51.8 Å². The summed E-state index contributed by atoms with van der Waals surface area (Å²) in [6.07, 6.45) is 0. The fraction of sp³-hybridized carbons (Fsp3) is 0.267. The molecule has 3 aromatic rings. The molecule has 1 aromatic carbocycles. The maximum Gasteiger partial charge on any atom is 0.263 e. The van der Waals surface area contributed by atoms with E-state index in [1.54, 1.807) is 0 Å². The maximum atomic E-state index is 5.71. The van der Waals surface area contributed by atoms with Crippen molar-refractivity contribution in [3.8, 4) is 0 Å². The first kappa shape index (κ1) is 14.5. The summed E-state index contributed by atoms with van der Waals surface area (Å²) in [5.74, 6) is 0.787. The van der Waals surface area contributed by atoms with Crippen molar-refractivity contribution < 1.29 is 4.42 Å². The Labute approximate surface area is 135 Å². The quantitative estimate of drug-likeness (QED) is 0.610. The predicted octanol–water partition coefficient (Wildman–Crippen LogP) is 4.83. The molecule has 2 aromatic heterocycles. The third-order valence-corrected chi connectivity index (χ3v) is 3.98. The van der Waals surface area contributed by atoms with E-state index in [1.807, 2.05) is 30.3 Å². The third kappa shape index (κ3) is 3.27. The van der Waals surface area contributed by atoms with Gasteiger partial charge in [-0.3, -0.25) is 0 Å². The first-order chi connectivity index (χ1) is 9.91. The monoisotopic (exact) mass is 363 g/mol. The lowest BCUT2D eigenvalue weighted by molar-refractivity contribution is 0.488. The highest BCUT2D eigenvalue weighted by Gasteiger charge is 2.19. The summed E-state index contributed by atoms with van der Waals surface area (Å²) in [6, 6.07) is 9.58. The van der Waals surface area contributed by atoms with E-state index in [0.717, 1.165) is 26.6 Å². The second kappa shape index (κ2) is 5.42. The number of aromatic nitrogens is 3. The van der Waals surface area contributed by atoms with E-state index in [4.69, 9.17) is 4.42 Å². The highest BCUT2D eigenvalue weighted by molar-refractivity contribution is 9.10. The van der Waals surface area contributed by atoms with E-state index < -0.39 is 0 Å². The molecule has 0 saturated heterocycles. The minimum absolute atomic E-state index is 0.111. The highest BCUT2D eigenvalue weighted by atomic mass is 79.9. The molecule has 0 N–H and O–H groups in total. The molecule has 6 heteroatoms. The number of hydrogen-bond acceptors (Lipinski definition) is 5. The first-order valence-corrected chi connectivity index (χ1v) is 8.11. The lowest BCUT2D eigenvalue weighted by Gasteiger charge is -2.16. The molecule has 0 fully saturated rings. The molecule has 0 aliphatic carbocycles. The highest BCUT2D eigenvalue weighted by Crippen LogP contribution is 2.31. The van der Waals surface area contributed by atoms with Crippen molar-refractivity contribution in [3.05, 3.63) is 40.8 Å². The Hall–Kier alpha value is -1.40. The minimum Gasteiger partial charge on any atom is -0.431 e. The molecule has 0 aliphatic rings. The van der Waals surface area contributed by atoms with E-state index >= 15 is 0 Å². The van der Waals surface area contributed by atoms with Crippen LogP contribution in [0.3, 0.4) is 0 Å². The van der Waals surface area contributed by atoms with E-state index in [-0.39, 0.29) is 5.41 Å². The van der Waals surface area contributed by atoms with E-state index in [0.29, 0.717) is 5.22 Å². The number of oxazole rings is 1. The number of para-hydroxylation sites is 2. The largest absolute Gasteiger partial charge is 0.431 e. The summed E-state index contributed by atoms with van der Waals surface area (Å²) in [7, 11) is 0. The van der Waals surface area contributed by atoms with Crippen LogP contribution in [-0.2, 0) is 5.41 Å². The van der Waals surface area contributed by atoms with Crippen LogP contribution in [0.1, 0.15) is 26.6 Å². The predicted molar refractivity (Wildman–Crippen MR) is 86.6 cm³/mol. The van der Waals surface area contributed by atoms with Gasteiger partial charge in [0.2, 0.25) is 0 Å². The van der Waals surface area contributed by atoms with Crippen LogP contribution in [0.4, 0.5) is 0 Å². The molecule has 2 heterocycles. The summed E-state index contributed by atoms with van der Waals surface area (Å²) < 4.78 is 6.48. The van der Waals surface area contributed by atoms with Gasteiger partial charge in [0, 0.05) is 11.5 Å². The lowest BCUT2D eigenvalue weighted by Crippen LogP contribution is -2.16. The molecule has 0 aliphatic heterocycles. The number of rotatable bonds is 2. The van der Waals surface area contributed by atoms with Crippen LogP contribution in [0.5, 0.6) is 0 Å². The standard InChI is InChI=1S/C15H14BrN3OS/c1-15(2,3)13-18-11(16)8-12(19-13)21-14-17-9-6-4-5-7-10(9)20-14/h4-8H,1-3H3. The second-order valence-corrected chi connectivity index (χ2v) is 7.44. The molecule has 0 atom stereocenters. The molecular weight excluding hydrogens is 350 g/mol. The number of benzene rings is 1. The number of halogens is 1. The van der Waals surface area contributed by atoms with Crippen LogP contribution in [0.15, 0.2) is 49.6 Å². The molecule has 0 radical (unpaired) electrons. The Morgan fingerprint density at radius 3 is 2.57 bits per heavy atom. The molecule has 108 valence electrons. The Morgan fingerprint density at radius 2 is 1.86 bits per heavy atom. The van der Waals surface area contributed by atoms with E-state index in [9.17, 15) is 0 Å². The number of nitrogens with zero attached hydrogens (tertiary/aromatic N) is 3. The molecule has 0 amide bonds. The smallest absolute Gasteiger partial charge is 0.263 e. The van der Waals surface area contributed by atoms with Crippen LogP contribution in [-0.4, -0.2) is 15.0 Å². The zero-order valence-corrected chi connectivity index (χ0v) is 14.3. The fourth-order valence-corrected chi connectivity index (χ4v) is 3.06. The van der Waals surface area contributed by atoms with Gasteiger partial charge >= 0.3 is 0 Å². The van der Waals surface area contributed by atoms with Crippen molar-refractivity contribution >= 4 is 38.8 Å². The second-order valence-electron chi connectivity index (χ2n) is 5.65. The zero-order chi connectivity index (χ0) is 15.0. The normalized spacial score (nSPS) is 12.0. The summed E-state index contributed by atoms with van der Waals surface area (Å²) in [5, 5.41) is 1.40. The molecule has 3 rings (SSSR count). The van der Waals surface area contributed by atoms with Crippen LogP contribution in [0, 0.1) is 0 Å². The summed E-state index contributed by atoms with van der Waals surface area (Å²) >= 11 is 4.84. The van der Waals surface area contributed by atoms with Gasteiger partial charge in [-0.15, -0.1) is 0 Å². The minimum atomic E-state index is -0.111. The molecule has 0 spiro atoms. The van der Waals surface area contributed by atoms with Crippen molar-refractivity contribution in [1.29, 1.82) is 0 Å². The van der Waals surface area contributed by atoms with Crippen molar-refractivity contribution in [2.45, 2.75) is 36.4 Å². The summed E-state index contributed by atoms with van der Waals surface area (Å²) in [5.41, 5.74) is 1.52. The van der Waals surface area contributed by atoms with Crippen LogP contribution >= 0.6 is 27.7 Å². The van der Waals surface area contributed by atoms with Gasteiger partial charge in [-0.05, 0) is 39.8 Å². The molecule has 0 saturated carbocycles. The van der Waals surface area contributed by atoms with Crippen molar-refractivity contribution in [2.24, 2.45) is 0 Å². The SMILES string of the molecule is CC(C)(C)c1nc(Br)cc(Sc2nc3ccccc3o2)n1. The van der Waals surface area contributed by atoms with Gasteiger partial charge in [-0.2, -0.15) is 0 Å². The number of fused-ring (bicyclic) bond motifs is 1. The maximum absolute atomic E-state index is 5.71. The van der Waals surface area contributed by atoms with Crippen molar-refractivity contribution in [2.75, 3.05) is 0 Å². The Morgan fingerprint density at radius 1 is 1.10 bits per heavy atom. The summed E-state index contributed by atoms with van der Waals surface area (Å²) in [6.45, 7) is 6.26. The van der Waals surface area contributed by atoms with E-state index in [2.05, 4.69) is 51.7 Å². The van der Waals surface area contributed by atoms with Gasteiger partial charge in [0.05, 0.1) is 0 Å². The van der Waals surface area contributed by atoms with Crippen molar-refractivity contribution in [3.63, 3.8) is 0 Å². The van der Waals surface area contributed by atoms with Crippen LogP contribution in [0.2, 0.25) is 0 Å². The van der Waals surface area contributed by atoms with Gasteiger partial charge in [0.25, 0.3) is 5.22 Å². The molecule has 0 unspecified atom stereocenters. The first-order valence-electron chi connectivity index (χ1n) is 6.50. The zero-order valence-electron chi connectivity index (χ0n) is 11.9. The average Bonchev–Trinajstić information content (AvgIpc) is 2.79. The van der Waals surface area contributed by atoms with Crippen LogP contribution < -0.4 is 0 Å². The fourth-order valence-electron chi connectivity index (χ4n) is 1.77. The van der Waals surface area contributed by atoms with Crippen LogP contribution in [0.25, 0.3) is 11.1 Å². The summed E-state index contributed by atoms with van der Waals surface area (Å²) in [4.78, 5) is 13.5. The van der Waals surface area contributed by atoms with Gasteiger partial charge in [-0.25, -0.2) is 15.0 Å².